The second-order valence-corrected chi connectivity index (χ2v) is 7.91. The summed E-state index contributed by atoms with van der Waals surface area (Å²) in [6, 6.07) is 9.56. The number of hydrogen-bond donors (Lipinski definition) is 2. The second-order valence-electron chi connectivity index (χ2n) is 5.82. The third-order valence-electron chi connectivity index (χ3n) is 4.14. The highest BCUT2D eigenvalue weighted by Crippen LogP contribution is 2.31. The number of aryl methyl sites for hydroxylation is 1. The molecule has 0 saturated heterocycles. The fraction of sp³-hybridized carbons (Fsp3) is 0.235. The van der Waals surface area contributed by atoms with Crippen LogP contribution >= 0.6 is 11.6 Å². The van der Waals surface area contributed by atoms with E-state index in [2.05, 4.69) is 10.0 Å². The standard InChI is InChI=1S/C17H18ClN3O3S/c1-11-3-4-13(10-15(11)18)20-25(23,24)14-5-6-16-12(9-14)7-8-21(16)17(22)19-2/h3-6,9-10,20H,7-8H2,1-2H3,(H,19,22). The summed E-state index contributed by atoms with van der Waals surface area (Å²) in [5.74, 6) is 0. The number of nitrogens with zero attached hydrogens (tertiary/aromatic N) is 1. The molecule has 1 aliphatic rings. The Morgan fingerprint density at radius 3 is 2.64 bits per heavy atom. The second kappa shape index (κ2) is 6.57. The van der Waals surface area contributed by atoms with Crippen molar-refractivity contribution < 1.29 is 13.2 Å². The van der Waals surface area contributed by atoms with E-state index in [0.29, 0.717) is 23.7 Å². The maximum Gasteiger partial charge on any atom is 0.321 e. The molecule has 0 saturated carbocycles. The van der Waals surface area contributed by atoms with E-state index in [1.54, 1.807) is 42.3 Å². The Bertz CT molecular complexity index is 944. The van der Waals surface area contributed by atoms with Crippen molar-refractivity contribution in [1.82, 2.24) is 5.32 Å². The largest absolute Gasteiger partial charge is 0.341 e. The Morgan fingerprint density at radius 1 is 1.20 bits per heavy atom. The van der Waals surface area contributed by atoms with E-state index >= 15 is 0 Å². The molecule has 0 aliphatic carbocycles. The van der Waals surface area contributed by atoms with E-state index in [-0.39, 0.29) is 10.9 Å². The molecule has 0 fully saturated rings. The van der Waals surface area contributed by atoms with Crippen LogP contribution in [0.1, 0.15) is 11.1 Å². The summed E-state index contributed by atoms with van der Waals surface area (Å²) in [6.07, 6.45) is 0.614. The molecule has 0 bridgehead atoms. The van der Waals surface area contributed by atoms with Gasteiger partial charge in [0.25, 0.3) is 10.0 Å². The SMILES string of the molecule is CNC(=O)N1CCc2cc(S(=O)(=O)Nc3ccc(C)c(Cl)c3)ccc21. The van der Waals surface area contributed by atoms with Crippen LogP contribution in [0, 0.1) is 6.92 Å². The van der Waals surface area contributed by atoms with Gasteiger partial charge in [0, 0.05) is 24.3 Å². The third-order valence-corrected chi connectivity index (χ3v) is 5.93. The van der Waals surface area contributed by atoms with Crippen LogP contribution < -0.4 is 14.9 Å². The van der Waals surface area contributed by atoms with Gasteiger partial charge in [-0.2, -0.15) is 0 Å². The zero-order chi connectivity index (χ0) is 18.2. The number of urea groups is 1. The fourth-order valence-corrected chi connectivity index (χ4v) is 4.04. The summed E-state index contributed by atoms with van der Waals surface area (Å²) in [7, 11) is -2.17. The number of carbonyl (C=O) groups excluding carboxylic acids is 1. The quantitative estimate of drug-likeness (QED) is 0.859. The summed E-state index contributed by atoms with van der Waals surface area (Å²) in [5.41, 5.74) is 2.84. The summed E-state index contributed by atoms with van der Waals surface area (Å²) in [6.45, 7) is 2.37. The lowest BCUT2D eigenvalue weighted by atomic mass is 10.2. The van der Waals surface area contributed by atoms with Gasteiger partial charge in [0.2, 0.25) is 0 Å². The van der Waals surface area contributed by atoms with E-state index in [4.69, 9.17) is 11.6 Å². The van der Waals surface area contributed by atoms with Gasteiger partial charge in [-0.3, -0.25) is 9.62 Å². The number of sulfonamides is 1. The van der Waals surface area contributed by atoms with E-state index in [1.807, 2.05) is 6.92 Å². The Balaban J connectivity index is 1.89. The smallest absolute Gasteiger partial charge is 0.321 e. The first-order valence-electron chi connectivity index (χ1n) is 7.73. The first-order valence-corrected chi connectivity index (χ1v) is 9.59. The van der Waals surface area contributed by atoms with E-state index in [9.17, 15) is 13.2 Å². The van der Waals surface area contributed by atoms with Crippen molar-refractivity contribution in [2.45, 2.75) is 18.2 Å². The first kappa shape index (κ1) is 17.6. The van der Waals surface area contributed by atoms with E-state index in [0.717, 1.165) is 16.8 Å². The van der Waals surface area contributed by atoms with Crippen LogP contribution in [0.4, 0.5) is 16.2 Å². The molecule has 2 N–H and O–H groups in total. The minimum Gasteiger partial charge on any atom is -0.341 e. The molecule has 1 heterocycles. The van der Waals surface area contributed by atoms with Crippen molar-refractivity contribution >= 4 is 39.0 Å². The number of anilines is 2. The van der Waals surface area contributed by atoms with Crippen LogP contribution in [0.15, 0.2) is 41.3 Å². The number of nitrogens with one attached hydrogen (secondary N) is 2. The van der Waals surface area contributed by atoms with Gasteiger partial charge in [0.05, 0.1) is 10.6 Å². The van der Waals surface area contributed by atoms with Crippen LogP contribution in [0.5, 0.6) is 0 Å². The molecule has 0 aromatic heterocycles. The molecule has 2 aromatic rings. The maximum absolute atomic E-state index is 12.6. The van der Waals surface area contributed by atoms with Crippen molar-refractivity contribution in [3.8, 4) is 0 Å². The van der Waals surface area contributed by atoms with Gasteiger partial charge in [0.15, 0.2) is 0 Å². The molecule has 0 unspecified atom stereocenters. The van der Waals surface area contributed by atoms with Crippen LogP contribution in [0.2, 0.25) is 5.02 Å². The predicted molar refractivity (Wildman–Crippen MR) is 98.9 cm³/mol. The molecule has 1 aliphatic heterocycles. The van der Waals surface area contributed by atoms with Crippen LogP contribution in [0.25, 0.3) is 0 Å². The average molecular weight is 380 g/mol. The van der Waals surface area contributed by atoms with Gasteiger partial charge in [-0.15, -0.1) is 0 Å². The molecule has 25 heavy (non-hydrogen) atoms. The number of rotatable bonds is 3. The number of amides is 2. The molecular formula is C17H18ClN3O3S. The van der Waals surface area contributed by atoms with Crippen LogP contribution in [-0.4, -0.2) is 28.0 Å². The zero-order valence-electron chi connectivity index (χ0n) is 13.8. The minimum absolute atomic E-state index is 0.154. The molecule has 6 nitrogen and oxygen atoms in total. The van der Waals surface area contributed by atoms with Crippen molar-refractivity contribution in [3.63, 3.8) is 0 Å². The normalized spacial score (nSPS) is 13.5. The molecule has 0 spiro atoms. The van der Waals surface area contributed by atoms with Gasteiger partial charge in [0.1, 0.15) is 0 Å². The van der Waals surface area contributed by atoms with Crippen LogP contribution in [-0.2, 0) is 16.4 Å². The molecule has 0 atom stereocenters. The minimum atomic E-state index is -3.74. The molecular weight excluding hydrogens is 362 g/mol. The summed E-state index contributed by atoms with van der Waals surface area (Å²) >= 11 is 6.05. The predicted octanol–water partition coefficient (Wildman–Crippen LogP) is 3.15. The lowest BCUT2D eigenvalue weighted by Gasteiger charge is -2.16. The molecule has 8 heteroatoms. The number of carbonyl (C=O) groups is 1. The van der Waals surface area contributed by atoms with Crippen molar-refractivity contribution in [2.75, 3.05) is 23.2 Å². The number of halogens is 1. The zero-order valence-corrected chi connectivity index (χ0v) is 15.4. The Kier molecular flexibility index (Phi) is 4.62. The fourth-order valence-electron chi connectivity index (χ4n) is 2.76. The average Bonchev–Trinajstić information content (AvgIpc) is 3.00. The number of benzene rings is 2. The molecule has 2 aromatic carbocycles. The van der Waals surface area contributed by atoms with Gasteiger partial charge in [-0.05, 0) is 54.8 Å². The highest BCUT2D eigenvalue weighted by atomic mass is 35.5. The molecule has 0 radical (unpaired) electrons. The molecule has 132 valence electrons. The Labute approximate surface area is 151 Å². The monoisotopic (exact) mass is 379 g/mol. The Hall–Kier alpha value is -2.25. The van der Waals surface area contributed by atoms with Gasteiger partial charge in [-0.1, -0.05) is 17.7 Å². The highest BCUT2D eigenvalue weighted by molar-refractivity contribution is 7.92. The van der Waals surface area contributed by atoms with Gasteiger partial charge >= 0.3 is 6.03 Å². The number of fused-ring (bicyclic) bond motifs is 1. The molecule has 3 rings (SSSR count). The summed E-state index contributed by atoms with van der Waals surface area (Å²) in [4.78, 5) is 13.6. The summed E-state index contributed by atoms with van der Waals surface area (Å²) in [5, 5.41) is 3.07. The van der Waals surface area contributed by atoms with E-state index in [1.165, 1.54) is 6.07 Å². The summed E-state index contributed by atoms with van der Waals surface area (Å²) < 4.78 is 27.8. The molecule has 2 amide bonds. The van der Waals surface area contributed by atoms with Crippen LogP contribution in [0.3, 0.4) is 0 Å². The first-order chi connectivity index (χ1) is 11.8. The van der Waals surface area contributed by atoms with Gasteiger partial charge in [-0.25, -0.2) is 13.2 Å². The lowest BCUT2D eigenvalue weighted by molar-refractivity contribution is 0.248. The maximum atomic E-state index is 12.6. The lowest BCUT2D eigenvalue weighted by Crippen LogP contribution is -2.36. The van der Waals surface area contributed by atoms with Gasteiger partial charge < -0.3 is 5.32 Å². The topological polar surface area (TPSA) is 78.5 Å². The van der Waals surface area contributed by atoms with E-state index < -0.39 is 10.0 Å². The number of hydrogen-bond acceptors (Lipinski definition) is 3. The highest BCUT2D eigenvalue weighted by Gasteiger charge is 2.26. The van der Waals surface area contributed by atoms with Crippen molar-refractivity contribution in [3.05, 3.63) is 52.5 Å². The van der Waals surface area contributed by atoms with Crippen molar-refractivity contribution in [1.29, 1.82) is 0 Å². The third kappa shape index (κ3) is 3.43. The Morgan fingerprint density at radius 2 is 1.96 bits per heavy atom. The van der Waals surface area contributed by atoms with Crippen molar-refractivity contribution in [2.24, 2.45) is 0 Å².